The van der Waals surface area contributed by atoms with E-state index in [1.165, 1.54) is 0 Å². The lowest BCUT2D eigenvalue weighted by atomic mass is 11.5. The van der Waals surface area contributed by atoms with E-state index in [1.54, 1.807) is 0 Å². The van der Waals surface area contributed by atoms with Gasteiger partial charge in [-0.2, -0.15) is 0 Å². The van der Waals surface area contributed by atoms with E-state index in [2.05, 4.69) is 26.7 Å². The van der Waals surface area contributed by atoms with Crippen LogP contribution in [0.15, 0.2) is 0 Å². The molecular weight excluding hydrogens is 136 g/mol. The molecule has 0 radical (unpaired) electrons. The minimum absolute atomic E-state index is 0.105. The van der Waals surface area contributed by atoms with Crippen molar-refractivity contribution in [1.29, 1.82) is 0 Å². The van der Waals surface area contributed by atoms with Crippen LogP contribution in [0.5, 0.6) is 0 Å². The third kappa shape index (κ3) is 2.97. The largest absolute Gasteiger partial charge is 0.321 e. The van der Waals surface area contributed by atoms with E-state index in [9.17, 15) is 0 Å². The molecule has 0 aliphatic carbocycles. The first-order chi connectivity index (χ1) is 3.55. The van der Waals surface area contributed by atoms with E-state index in [-0.39, 0.29) is 15.8 Å². The number of rotatable bonds is 2. The van der Waals surface area contributed by atoms with Gasteiger partial charge < -0.3 is 5.73 Å². The number of nitrogens with two attached hydrogens (primary N) is 1. The van der Waals surface area contributed by atoms with Gasteiger partial charge in [0.1, 0.15) is 0 Å². The van der Waals surface area contributed by atoms with Crippen LogP contribution in [0, 0.1) is 0 Å². The molecule has 0 amide bonds. The highest BCUT2D eigenvalue weighted by Crippen LogP contribution is 2.46. The van der Waals surface area contributed by atoms with Crippen molar-refractivity contribution in [3.63, 3.8) is 0 Å². The minimum atomic E-state index is 0.105. The van der Waals surface area contributed by atoms with E-state index in [0.717, 1.165) is 0 Å². The highest BCUT2D eigenvalue weighted by Gasteiger charge is 2.09. The molecule has 0 bridgehead atoms. The average Bonchev–Trinajstić information content (AvgIpc) is 1.64. The van der Waals surface area contributed by atoms with Crippen molar-refractivity contribution in [2.24, 2.45) is 5.73 Å². The lowest BCUT2D eigenvalue weighted by Gasteiger charge is -2.19. The number of hydrogen-bond acceptors (Lipinski definition) is 1. The SMILES string of the molecule is CP(C)C(N)P(C)C. The maximum absolute atomic E-state index is 5.82. The Hall–Kier alpha value is 0.820. The summed E-state index contributed by atoms with van der Waals surface area (Å²) in [6.07, 6.45) is 0. The second-order valence-corrected chi connectivity index (χ2v) is 7.72. The number of hydrogen-bond donors (Lipinski definition) is 1. The Labute approximate surface area is 54.5 Å². The van der Waals surface area contributed by atoms with Gasteiger partial charge in [-0.15, -0.1) is 0 Å². The molecule has 0 aromatic rings. The van der Waals surface area contributed by atoms with E-state index in [0.29, 0.717) is 5.52 Å². The maximum Gasteiger partial charge on any atom is 0.0431 e. The Morgan fingerprint density at radius 2 is 1.25 bits per heavy atom. The highest BCUT2D eigenvalue weighted by atomic mass is 31.2. The summed E-state index contributed by atoms with van der Waals surface area (Å²) in [5.41, 5.74) is 6.32. The van der Waals surface area contributed by atoms with E-state index in [4.69, 9.17) is 5.73 Å². The molecule has 0 aliphatic heterocycles. The van der Waals surface area contributed by atoms with Gasteiger partial charge in [0, 0.05) is 5.52 Å². The third-order valence-corrected chi connectivity index (χ3v) is 5.95. The minimum Gasteiger partial charge on any atom is -0.321 e. The van der Waals surface area contributed by atoms with Gasteiger partial charge in [0.15, 0.2) is 0 Å². The van der Waals surface area contributed by atoms with Crippen molar-refractivity contribution < 1.29 is 0 Å². The molecule has 2 N–H and O–H groups in total. The van der Waals surface area contributed by atoms with Gasteiger partial charge in [0.25, 0.3) is 0 Å². The molecule has 0 atom stereocenters. The quantitative estimate of drug-likeness (QED) is 0.597. The third-order valence-electron chi connectivity index (χ3n) is 1.06. The fraction of sp³-hybridized carbons (Fsp3) is 1.00. The van der Waals surface area contributed by atoms with Crippen molar-refractivity contribution in [3.8, 4) is 0 Å². The van der Waals surface area contributed by atoms with Gasteiger partial charge in [-0.1, -0.05) is 15.8 Å². The molecule has 0 rings (SSSR count). The normalized spacial score (nSPS) is 12.0. The molecule has 0 saturated heterocycles. The predicted molar refractivity (Wildman–Crippen MR) is 45.5 cm³/mol. The van der Waals surface area contributed by atoms with Crippen LogP contribution < -0.4 is 5.73 Å². The zero-order valence-electron chi connectivity index (χ0n) is 6.05. The second-order valence-electron chi connectivity index (χ2n) is 2.34. The van der Waals surface area contributed by atoms with Crippen LogP contribution in [-0.4, -0.2) is 32.2 Å². The van der Waals surface area contributed by atoms with Crippen molar-refractivity contribution in [2.45, 2.75) is 5.52 Å². The van der Waals surface area contributed by atoms with Crippen LogP contribution in [-0.2, 0) is 0 Å². The first-order valence-corrected chi connectivity index (χ1v) is 7.25. The summed E-state index contributed by atoms with van der Waals surface area (Å²) < 4.78 is 0. The van der Waals surface area contributed by atoms with Gasteiger partial charge in [-0.3, -0.25) is 0 Å². The van der Waals surface area contributed by atoms with Gasteiger partial charge in [0.05, 0.1) is 0 Å². The molecule has 0 aromatic carbocycles. The smallest absolute Gasteiger partial charge is 0.0431 e. The van der Waals surface area contributed by atoms with Crippen LogP contribution in [0.25, 0.3) is 0 Å². The Kier molecular flexibility index (Phi) is 4.16. The second kappa shape index (κ2) is 3.77. The first-order valence-electron chi connectivity index (χ1n) is 2.64. The lowest BCUT2D eigenvalue weighted by molar-refractivity contribution is 1.27. The van der Waals surface area contributed by atoms with Crippen LogP contribution >= 0.6 is 15.8 Å². The molecule has 0 unspecified atom stereocenters. The van der Waals surface area contributed by atoms with Gasteiger partial charge in [0.2, 0.25) is 0 Å². The van der Waals surface area contributed by atoms with Crippen LogP contribution in [0.2, 0.25) is 0 Å². The molecular formula is C5H15NP2. The summed E-state index contributed by atoms with van der Waals surface area (Å²) in [7, 11) is 0.211. The summed E-state index contributed by atoms with van der Waals surface area (Å²) in [6, 6.07) is 0. The van der Waals surface area contributed by atoms with Crippen LogP contribution in [0.3, 0.4) is 0 Å². The lowest BCUT2D eigenvalue weighted by Crippen LogP contribution is -2.13. The van der Waals surface area contributed by atoms with Gasteiger partial charge in [-0.25, -0.2) is 0 Å². The van der Waals surface area contributed by atoms with E-state index in [1.807, 2.05) is 0 Å². The van der Waals surface area contributed by atoms with E-state index >= 15 is 0 Å². The molecule has 1 nitrogen and oxygen atoms in total. The molecule has 0 saturated carbocycles. The monoisotopic (exact) mass is 151 g/mol. The standard InChI is InChI=1S/C5H15NP2/c1-7(2)5(6)8(3)4/h5H,6H2,1-4H3. The molecule has 0 aliphatic rings. The topological polar surface area (TPSA) is 26.0 Å². The average molecular weight is 151 g/mol. The van der Waals surface area contributed by atoms with Crippen molar-refractivity contribution in [2.75, 3.05) is 26.7 Å². The molecule has 0 aromatic heterocycles. The van der Waals surface area contributed by atoms with Crippen molar-refractivity contribution in [1.82, 2.24) is 0 Å². The zero-order valence-corrected chi connectivity index (χ0v) is 7.84. The molecule has 0 fully saturated rings. The van der Waals surface area contributed by atoms with Crippen molar-refractivity contribution >= 4 is 15.8 Å². The Morgan fingerprint density at radius 1 is 1.00 bits per heavy atom. The first kappa shape index (κ1) is 8.82. The zero-order chi connectivity index (χ0) is 6.73. The molecule has 3 heteroatoms. The van der Waals surface area contributed by atoms with Gasteiger partial charge in [-0.05, 0) is 26.7 Å². The van der Waals surface area contributed by atoms with Crippen LogP contribution in [0.4, 0.5) is 0 Å². The fourth-order valence-electron chi connectivity index (χ4n) is 0.462. The Bertz CT molecular complexity index is 55.4. The Balaban J connectivity index is 3.46. The maximum atomic E-state index is 5.82. The summed E-state index contributed by atoms with van der Waals surface area (Å²) in [5, 5.41) is 0. The molecule has 8 heavy (non-hydrogen) atoms. The van der Waals surface area contributed by atoms with E-state index < -0.39 is 0 Å². The summed E-state index contributed by atoms with van der Waals surface area (Å²) in [5.74, 6) is 0. The fourth-order valence-corrected chi connectivity index (χ4v) is 4.16. The predicted octanol–water partition coefficient (Wildman–Crippen LogP) is 1.71. The summed E-state index contributed by atoms with van der Waals surface area (Å²) in [6.45, 7) is 8.95. The molecule has 0 heterocycles. The Morgan fingerprint density at radius 3 is 1.25 bits per heavy atom. The highest BCUT2D eigenvalue weighted by molar-refractivity contribution is 7.74. The van der Waals surface area contributed by atoms with Crippen molar-refractivity contribution in [3.05, 3.63) is 0 Å². The van der Waals surface area contributed by atoms with Gasteiger partial charge >= 0.3 is 0 Å². The molecule has 50 valence electrons. The van der Waals surface area contributed by atoms with Crippen LogP contribution in [0.1, 0.15) is 0 Å². The summed E-state index contributed by atoms with van der Waals surface area (Å²) in [4.78, 5) is 0. The molecule has 0 spiro atoms. The summed E-state index contributed by atoms with van der Waals surface area (Å²) >= 11 is 0.